The van der Waals surface area contributed by atoms with Gasteiger partial charge in [0.25, 0.3) is 0 Å². The average Bonchev–Trinajstić information content (AvgIpc) is 3.16. The number of nitrogens with zero attached hydrogens (tertiary/aromatic N) is 3. The van der Waals surface area contributed by atoms with Gasteiger partial charge >= 0.3 is 0 Å². The van der Waals surface area contributed by atoms with Gasteiger partial charge in [-0.2, -0.15) is 0 Å². The molecule has 0 saturated carbocycles. The Kier molecular flexibility index (Phi) is 10.6. The summed E-state index contributed by atoms with van der Waals surface area (Å²) in [6, 6.07) is 8.35. The van der Waals surface area contributed by atoms with Crippen molar-refractivity contribution < 1.29 is 4.79 Å². The molecule has 1 aromatic rings. The minimum absolute atomic E-state index is 0. The van der Waals surface area contributed by atoms with Gasteiger partial charge < -0.3 is 15.5 Å². The molecule has 1 amide bonds. The Labute approximate surface area is 205 Å². The smallest absolute Gasteiger partial charge is 0.222 e. The lowest BCUT2D eigenvalue weighted by atomic mass is 9.98. The van der Waals surface area contributed by atoms with Gasteiger partial charge in [0.2, 0.25) is 5.91 Å². The van der Waals surface area contributed by atoms with E-state index in [1.807, 2.05) is 11.0 Å². The Morgan fingerprint density at radius 2 is 1.74 bits per heavy atom. The van der Waals surface area contributed by atoms with Gasteiger partial charge in [-0.1, -0.05) is 30.7 Å². The SMILES string of the molecule is CCNC(=NCc1ccccc1CN1CCCC1=O)NCC(C)(C)N1CCCCC1.I. The van der Waals surface area contributed by atoms with Crippen molar-refractivity contribution in [2.75, 3.05) is 32.7 Å². The number of benzene rings is 1. The molecule has 7 heteroatoms. The Balaban J connectivity index is 0.00000341. The van der Waals surface area contributed by atoms with Crippen molar-refractivity contribution in [1.82, 2.24) is 20.4 Å². The summed E-state index contributed by atoms with van der Waals surface area (Å²) in [5.41, 5.74) is 2.48. The summed E-state index contributed by atoms with van der Waals surface area (Å²) < 4.78 is 0. The van der Waals surface area contributed by atoms with E-state index < -0.39 is 0 Å². The molecule has 2 fully saturated rings. The number of hydrogen-bond acceptors (Lipinski definition) is 3. The monoisotopic (exact) mass is 541 g/mol. The fourth-order valence-electron chi connectivity index (χ4n) is 4.36. The molecule has 0 aliphatic carbocycles. The van der Waals surface area contributed by atoms with Crippen molar-refractivity contribution in [3.63, 3.8) is 0 Å². The van der Waals surface area contributed by atoms with E-state index in [1.54, 1.807) is 0 Å². The minimum Gasteiger partial charge on any atom is -0.357 e. The lowest BCUT2D eigenvalue weighted by Crippen LogP contribution is -2.54. The average molecular weight is 542 g/mol. The van der Waals surface area contributed by atoms with E-state index in [1.165, 1.54) is 43.5 Å². The molecular weight excluding hydrogens is 501 g/mol. The van der Waals surface area contributed by atoms with Crippen LogP contribution in [0.2, 0.25) is 0 Å². The van der Waals surface area contributed by atoms with Crippen molar-refractivity contribution >= 4 is 35.8 Å². The zero-order chi connectivity index (χ0) is 21.4. The molecule has 2 aliphatic heterocycles. The molecule has 31 heavy (non-hydrogen) atoms. The number of aliphatic imine (C=N–C) groups is 1. The molecule has 0 radical (unpaired) electrons. The Hall–Kier alpha value is -1.35. The number of halogens is 1. The second kappa shape index (κ2) is 12.6. The number of piperidine rings is 1. The van der Waals surface area contributed by atoms with Crippen LogP contribution in [0, 0.1) is 0 Å². The molecule has 3 rings (SSSR count). The van der Waals surface area contributed by atoms with Crippen LogP contribution in [0.5, 0.6) is 0 Å². The van der Waals surface area contributed by atoms with Crippen LogP contribution < -0.4 is 10.6 Å². The predicted molar refractivity (Wildman–Crippen MR) is 139 cm³/mol. The third kappa shape index (κ3) is 7.63. The summed E-state index contributed by atoms with van der Waals surface area (Å²) >= 11 is 0. The maximum atomic E-state index is 12.0. The largest absolute Gasteiger partial charge is 0.357 e. The second-order valence-corrected chi connectivity index (χ2v) is 9.10. The maximum absolute atomic E-state index is 12.0. The van der Waals surface area contributed by atoms with Crippen LogP contribution in [0.4, 0.5) is 0 Å². The van der Waals surface area contributed by atoms with Gasteiger partial charge in [-0.15, -0.1) is 24.0 Å². The van der Waals surface area contributed by atoms with Gasteiger partial charge in [-0.3, -0.25) is 9.69 Å². The third-order valence-corrected chi connectivity index (χ3v) is 6.30. The number of amides is 1. The zero-order valence-electron chi connectivity index (χ0n) is 19.5. The molecule has 174 valence electrons. The van der Waals surface area contributed by atoms with Crippen molar-refractivity contribution in [2.45, 2.75) is 71.5 Å². The van der Waals surface area contributed by atoms with E-state index in [-0.39, 0.29) is 35.4 Å². The van der Waals surface area contributed by atoms with Gasteiger partial charge in [0.05, 0.1) is 6.54 Å². The van der Waals surface area contributed by atoms with Crippen molar-refractivity contribution in [1.29, 1.82) is 0 Å². The minimum atomic E-state index is 0. The van der Waals surface area contributed by atoms with E-state index >= 15 is 0 Å². The van der Waals surface area contributed by atoms with Gasteiger partial charge in [0, 0.05) is 38.1 Å². The fraction of sp³-hybridized carbons (Fsp3) is 0.667. The number of carbonyl (C=O) groups excluding carboxylic acids is 1. The van der Waals surface area contributed by atoms with E-state index in [0.29, 0.717) is 19.5 Å². The molecular formula is C24H40IN5O. The topological polar surface area (TPSA) is 60.0 Å². The van der Waals surface area contributed by atoms with Crippen molar-refractivity contribution in [3.8, 4) is 0 Å². The van der Waals surface area contributed by atoms with Crippen LogP contribution >= 0.6 is 24.0 Å². The summed E-state index contributed by atoms with van der Waals surface area (Å²) in [5.74, 6) is 1.12. The molecule has 0 aromatic heterocycles. The molecule has 2 saturated heterocycles. The molecule has 1 aromatic carbocycles. The van der Waals surface area contributed by atoms with Crippen LogP contribution in [0.15, 0.2) is 29.3 Å². The first kappa shape index (κ1) is 25.9. The zero-order valence-corrected chi connectivity index (χ0v) is 21.8. The molecule has 2 N–H and O–H groups in total. The molecule has 0 unspecified atom stereocenters. The first-order valence-electron chi connectivity index (χ1n) is 11.6. The number of hydrogen-bond donors (Lipinski definition) is 2. The Bertz CT molecular complexity index is 730. The number of carbonyl (C=O) groups is 1. The molecule has 2 heterocycles. The van der Waals surface area contributed by atoms with Gasteiger partial charge in [0.1, 0.15) is 0 Å². The number of likely N-dealkylation sites (tertiary alicyclic amines) is 2. The Morgan fingerprint density at radius 1 is 1.03 bits per heavy atom. The maximum Gasteiger partial charge on any atom is 0.222 e. The van der Waals surface area contributed by atoms with E-state index in [9.17, 15) is 4.79 Å². The lowest BCUT2D eigenvalue weighted by molar-refractivity contribution is -0.128. The van der Waals surface area contributed by atoms with Gasteiger partial charge in [-0.25, -0.2) is 4.99 Å². The highest BCUT2D eigenvalue weighted by molar-refractivity contribution is 14.0. The van der Waals surface area contributed by atoms with E-state index in [4.69, 9.17) is 4.99 Å². The van der Waals surface area contributed by atoms with Crippen LogP contribution in [-0.2, 0) is 17.9 Å². The van der Waals surface area contributed by atoms with E-state index in [0.717, 1.165) is 32.0 Å². The quantitative estimate of drug-likeness (QED) is 0.299. The predicted octanol–water partition coefficient (Wildman–Crippen LogP) is 3.75. The highest BCUT2D eigenvalue weighted by atomic mass is 127. The molecule has 0 bridgehead atoms. The standard InChI is InChI=1S/C24H39N5O.HI/c1-4-25-23(27-19-24(2,3)29-15-8-5-9-16-29)26-17-20-11-6-7-12-21(20)18-28-14-10-13-22(28)30;/h6-7,11-12H,4-5,8-10,13-19H2,1-3H3,(H2,25,26,27);1H. The lowest BCUT2D eigenvalue weighted by Gasteiger charge is -2.41. The van der Waals surface area contributed by atoms with Crippen LogP contribution in [0.25, 0.3) is 0 Å². The molecule has 0 spiro atoms. The van der Waals surface area contributed by atoms with Crippen LogP contribution in [0.3, 0.4) is 0 Å². The highest BCUT2D eigenvalue weighted by Crippen LogP contribution is 2.20. The molecule has 2 aliphatic rings. The van der Waals surface area contributed by atoms with Crippen molar-refractivity contribution in [3.05, 3.63) is 35.4 Å². The van der Waals surface area contributed by atoms with Crippen molar-refractivity contribution in [2.24, 2.45) is 4.99 Å². The summed E-state index contributed by atoms with van der Waals surface area (Å²) in [6.07, 6.45) is 5.61. The number of rotatable bonds is 8. The Morgan fingerprint density at radius 3 is 2.39 bits per heavy atom. The van der Waals surface area contributed by atoms with Gasteiger partial charge in [0.15, 0.2) is 5.96 Å². The first-order valence-corrected chi connectivity index (χ1v) is 11.6. The summed E-state index contributed by atoms with van der Waals surface area (Å²) in [6.45, 7) is 13.0. The summed E-state index contributed by atoms with van der Waals surface area (Å²) in [5, 5.41) is 6.94. The molecule has 6 nitrogen and oxygen atoms in total. The summed E-state index contributed by atoms with van der Waals surface area (Å²) in [7, 11) is 0. The summed E-state index contributed by atoms with van der Waals surface area (Å²) in [4.78, 5) is 21.4. The highest BCUT2D eigenvalue weighted by Gasteiger charge is 2.28. The fourth-order valence-corrected chi connectivity index (χ4v) is 4.36. The second-order valence-electron chi connectivity index (χ2n) is 9.10. The van der Waals surface area contributed by atoms with E-state index in [2.05, 4.69) is 54.5 Å². The first-order chi connectivity index (χ1) is 14.5. The van der Waals surface area contributed by atoms with Gasteiger partial charge in [-0.05, 0) is 64.3 Å². The van der Waals surface area contributed by atoms with Crippen LogP contribution in [-0.4, -0.2) is 59.9 Å². The third-order valence-electron chi connectivity index (χ3n) is 6.30. The number of guanidine groups is 1. The number of nitrogens with one attached hydrogen (secondary N) is 2. The normalized spacial score (nSPS) is 18.1. The van der Waals surface area contributed by atoms with Crippen LogP contribution in [0.1, 0.15) is 64.0 Å². The molecule has 0 atom stereocenters.